The average Bonchev–Trinajstić information content (AvgIpc) is 2.66. The van der Waals surface area contributed by atoms with Crippen molar-refractivity contribution in [1.82, 2.24) is 4.90 Å². The maximum Gasteiger partial charge on any atom is 0.256 e. The zero-order valence-corrected chi connectivity index (χ0v) is 15.2. The van der Waals surface area contributed by atoms with Crippen molar-refractivity contribution in [2.45, 2.75) is 19.8 Å². The summed E-state index contributed by atoms with van der Waals surface area (Å²) >= 11 is 0. The lowest BCUT2D eigenvalue weighted by Crippen LogP contribution is -2.41. The first-order valence-electron chi connectivity index (χ1n) is 8.89. The molecule has 0 unspecified atom stereocenters. The van der Waals surface area contributed by atoms with E-state index in [9.17, 15) is 9.18 Å². The molecule has 26 heavy (non-hydrogen) atoms. The lowest BCUT2D eigenvalue weighted by molar-refractivity contribution is 0.0628. The van der Waals surface area contributed by atoms with Crippen LogP contribution in [0.2, 0.25) is 0 Å². The molecule has 138 valence electrons. The van der Waals surface area contributed by atoms with Gasteiger partial charge in [-0.2, -0.15) is 0 Å². The molecule has 0 radical (unpaired) electrons. The number of rotatable bonds is 5. The van der Waals surface area contributed by atoms with E-state index in [0.717, 1.165) is 29.9 Å². The van der Waals surface area contributed by atoms with Gasteiger partial charge in [-0.15, -0.1) is 0 Å². The second kappa shape index (κ2) is 8.21. The van der Waals surface area contributed by atoms with Gasteiger partial charge in [0.15, 0.2) is 0 Å². The summed E-state index contributed by atoms with van der Waals surface area (Å²) in [7, 11) is 1.62. The third-order valence-corrected chi connectivity index (χ3v) is 4.69. The predicted molar refractivity (Wildman–Crippen MR) is 98.3 cm³/mol. The minimum Gasteiger partial charge on any atom is -0.497 e. The van der Waals surface area contributed by atoms with Crippen molar-refractivity contribution in [2.24, 2.45) is 5.92 Å². The number of halogens is 1. The number of nitrogens with zero attached hydrogens (tertiary/aromatic N) is 1. The van der Waals surface area contributed by atoms with Crippen LogP contribution < -0.4 is 9.47 Å². The van der Waals surface area contributed by atoms with Crippen LogP contribution in [0.25, 0.3) is 0 Å². The maximum absolute atomic E-state index is 14.1. The van der Waals surface area contributed by atoms with Gasteiger partial charge < -0.3 is 14.4 Å². The molecule has 2 aromatic carbocycles. The lowest BCUT2D eigenvalue weighted by atomic mass is 9.98. The first-order valence-corrected chi connectivity index (χ1v) is 8.89. The van der Waals surface area contributed by atoms with Gasteiger partial charge in [-0.25, -0.2) is 4.39 Å². The van der Waals surface area contributed by atoms with E-state index in [1.807, 2.05) is 31.2 Å². The molecule has 0 spiro atoms. The molecule has 5 heteroatoms. The quantitative estimate of drug-likeness (QED) is 0.810. The molecule has 1 aliphatic heterocycles. The first kappa shape index (κ1) is 18.2. The van der Waals surface area contributed by atoms with Gasteiger partial charge in [-0.05, 0) is 49.6 Å². The molecule has 0 bridgehead atoms. The molecule has 0 N–H and O–H groups in total. The number of ether oxygens (including phenoxy) is 2. The van der Waals surface area contributed by atoms with Gasteiger partial charge in [0.25, 0.3) is 5.91 Å². The first-order chi connectivity index (χ1) is 12.6. The van der Waals surface area contributed by atoms with Crippen LogP contribution in [0.3, 0.4) is 0 Å². The van der Waals surface area contributed by atoms with E-state index in [2.05, 4.69) is 0 Å². The van der Waals surface area contributed by atoms with Crippen LogP contribution >= 0.6 is 0 Å². The molecule has 1 saturated heterocycles. The zero-order valence-electron chi connectivity index (χ0n) is 15.2. The number of amides is 1. The molecule has 1 fully saturated rings. The molecular formula is C21H24FNO3. The van der Waals surface area contributed by atoms with Crippen LogP contribution in [0.15, 0.2) is 42.5 Å². The summed E-state index contributed by atoms with van der Waals surface area (Å²) in [6, 6.07) is 12.2. The molecule has 0 saturated carbocycles. The summed E-state index contributed by atoms with van der Waals surface area (Å²) < 4.78 is 25.2. The smallest absolute Gasteiger partial charge is 0.256 e. The van der Waals surface area contributed by atoms with E-state index in [4.69, 9.17) is 9.47 Å². The molecular weight excluding hydrogens is 333 g/mol. The van der Waals surface area contributed by atoms with Crippen LogP contribution in [-0.2, 0) is 0 Å². The van der Waals surface area contributed by atoms with Gasteiger partial charge in [-0.1, -0.05) is 12.1 Å². The van der Waals surface area contributed by atoms with E-state index < -0.39 is 5.82 Å². The number of benzene rings is 2. The number of carbonyl (C=O) groups excluding carboxylic acids is 1. The Bertz CT molecular complexity index is 778. The van der Waals surface area contributed by atoms with Crippen LogP contribution in [-0.4, -0.2) is 37.6 Å². The molecule has 4 nitrogen and oxygen atoms in total. The third kappa shape index (κ3) is 4.34. The molecule has 1 aliphatic rings. The third-order valence-electron chi connectivity index (χ3n) is 4.69. The molecule has 0 aromatic heterocycles. The standard InChI is InChI=1S/C21H24FNO3/c1-15-8-9-19(20(22)11-15)21(24)23-10-4-5-16(13-23)14-26-18-7-3-6-17(12-18)25-2/h3,6-9,11-12,16H,4-5,10,13-14H2,1-2H3/t16-/m0/s1. The molecule has 0 aliphatic carbocycles. The number of aryl methyl sites for hydroxylation is 1. The summed E-state index contributed by atoms with van der Waals surface area (Å²) in [4.78, 5) is 14.4. The van der Waals surface area contributed by atoms with Crippen molar-refractivity contribution in [1.29, 1.82) is 0 Å². The average molecular weight is 357 g/mol. The fraction of sp³-hybridized carbons (Fsp3) is 0.381. The van der Waals surface area contributed by atoms with E-state index in [-0.39, 0.29) is 17.4 Å². The Hall–Kier alpha value is -2.56. The number of hydrogen-bond donors (Lipinski definition) is 0. The van der Waals surface area contributed by atoms with E-state index >= 15 is 0 Å². The predicted octanol–water partition coefficient (Wildman–Crippen LogP) is 4.07. The van der Waals surface area contributed by atoms with Crippen molar-refractivity contribution >= 4 is 5.91 Å². The van der Waals surface area contributed by atoms with Crippen LogP contribution in [0.5, 0.6) is 11.5 Å². The lowest BCUT2D eigenvalue weighted by Gasteiger charge is -2.32. The van der Waals surface area contributed by atoms with Crippen molar-refractivity contribution < 1.29 is 18.7 Å². The van der Waals surface area contributed by atoms with Gasteiger partial charge in [0, 0.05) is 25.1 Å². The molecule has 1 heterocycles. The number of likely N-dealkylation sites (tertiary alicyclic amines) is 1. The number of piperidine rings is 1. The Morgan fingerprint density at radius 1 is 1.23 bits per heavy atom. The Morgan fingerprint density at radius 3 is 2.81 bits per heavy atom. The molecule has 2 aromatic rings. The second-order valence-corrected chi connectivity index (χ2v) is 6.73. The summed E-state index contributed by atoms with van der Waals surface area (Å²) in [6.07, 6.45) is 1.88. The maximum atomic E-state index is 14.1. The fourth-order valence-electron chi connectivity index (χ4n) is 3.25. The van der Waals surface area contributed by atoms with E-state index in [1.165, 1.54) is 6.07 Å². The monoisotopic (exact) mass is 357 g/mol. The minimum absolute atomic E-state index is 0.143. The summed E-state index contributed by atoms with van der Waals surface area (Å²) in [5.74, 6) is 1.03. The van der Waals surface area contributed by atoms with E-state index in [1.54, 1.807) is 24.1 Å². The normalized spacial score (nSPS) is 17.0. The van der Waals surface area contributed by atoms with Gasteiger partial charge in [0.1, 0.15) is 17.3 Å². The molecule has 3 rings (SSSR count). The van der Waals surface area contributed by atoms with Gasteiger partial charge in [0.2, 0.25) is 0 Å². The van der Waals surface area contributed by atoms with Crippen molar-refractivity contribution in [3.05, 3.63) is 59.4 Å². The Balaban J connectivity index is 1.60. The Morgan fingerprint density at radius 2 is 2.04 bits per heavy atom. The molecule has 1 atom stereocenters. The van der Waals surface area contributed by atoms with Crippen molar-refractivity contribution in [2.75, 3.05) is 26.8 Å². The van der Waals surface area contributed by atoms with Crippen molar-refractivity contribution in [3.63, 3.8) is 0 Å². The Labute approximate surface area is 153 Å². The molecule has 1 amide bonds. The van der Waals surface area contributed by atoms with Crippen LogP contribution in [0, 0.1) is 18.7 Å². The highest BCUT2D eigenvalue weighted by molar-refractivity contribution is 5.94. The largest absolute Gasteiger partial charge is 0.497 e. The Kier molecular flexibility index (Phi) is 5.76. The minimum atomic E-state index is -0.454. The highest BCUT2D eigenvalue weighted by Gasteiger charge is 2.26. The van der Waals surface area contributed by atoms with Crippen molar-refractivity contribution in [3.8, 4) is 11.5 Å². The highest BCUT2D eigenvalue weighted by atomic mass is 19.1. The van der Waals surface area contributed by atoms with Crippen LogP contribution in [0.1, 0.15) is 28.8 Å². The number of hydrogen-bond acceptors (Lipinski definition) is 3. The number of methoxy groups -OCH3 is 1. The topological polar surface area (TPSA) is 38.8 Å². The summed E-state index contributed by atoms with van der Waals surface area (Å²) in [5.41, 5.74) is 0.951. The van der Waals surface area contributed by atoms with Gasteiger partial charge in [-0.3, -0.25) is 4.79 Å². The van der Waals surface area contributed by atoms with Crippen LogP contribution in [0.4, 0.5) is 4.39 Å². The highest BCUT2D eigenvalue weighted by Crippen LogP contribution is 2.23. The summed E-state index contributed by atoms with van der Waals surface area (Å²) in [5, 5.41) is 0. The van der Waals surface area contributed by atoms with E-state index in [0.29, 0.717) is 19.7 Å². The zero-order chi connectivity index (χ0) is 18.5. The van der Waals surface area contributed by atoms with Gasteiger partial charge >= 0.3 is 0 Å². The summed E-state index contributed by atoms with van der Waals surface area (Å²) in [6.45, 7) is 3.56. The SMILES string of the molecule is COc1cccc(OC[C@H]2CCCN(C(=O)c3ccc(C)cc3F)C2)c1. The van der Waals surface area contributed by atoms with Gasteiger partial charge in [0.05, 0.1) is 19.3 Å². The second-order valence-electron chi connectivity index (χ2n) is 6.73. The fourth-order valence-corrected chi connectivity index (χ4v) is 3.25. The number of carbonyl (C=O) groups is 1.